The van der Waals surface area contributed by atoms with Gasteiger partial charge in [0, 0.05) is 25.2 Å². The number of benzene rings is 2. The zero-order chi connectivity index (χ0) is 24.3. The molecule has 3 saturated heterocycles. The van der Waals surface area contributed by atoms with Crippen LogP contribution in [-0.2, 0) is 26.2 Å². The number of halogens is 2. The lowest BCUT2D eigenvalue weighted by atomic mass is 9.74. The number of nitrogens with zero attached hydrogens (tertiary/aromatic N) is 1. The van der Waals surface area contributed by atoms with Gasteiger partial charge in [0.1, 0.15) is 18.9 Å². The molecule has 0 amide bonds. The number of fused-ring (bicyclic) bond motifs is 3. The van der Waals surface area contributed by atoms with Crippen LogP contribution in [0.15, 0.2) is 54.6 Å². The van der Waals surface area contributed by atoms with Gasteiger partial charge in [-0.05, 0) is 30.0 Å². The zero-order valence-corrected chi connectivity index (χ0v) is 22.6. The van der Waals surface area contributed by atoms with Gasteiger partial charge in [0.25, 0.3) is 0 Å². The number of esters is 1. The van der Waals surface area contributed by atoms with Crippen LogP contribution in [0.3, 0.4) is 0 Å². The first-order chi connectivity index (χ1) is 17.0. The molecule has 36 heavy (non-hydrogen) atoms. The number of rotatable bonds is 7. The molecule has 4 nitrogen and oxygen atoms in total. The third-order valence-corrected chi connectivity index (χ3v) is 8.83. The topological polar surface area (TPSA) is 43.4 Å². The summed E-state index contributed by atoms with van der Waals surface area (Å²) < 4.78 is 21.1. The van der Waals surface area contributed by atoms with Crippen LogP contribution in [0.2, 0.25) is 0 Å². The Morgan fingerprint density at radius 2 is 1.56 bits per heavy atom. The molecule has 1 saturated carbocycles. The first-order valence-electron chi connectivity index (χ1n) is 13.4. The van der Waals surface area contributed by atoms with E-state index in [9.17, 15) is 14.0 Å². The van der Waals surface area contributed by atoms with Gasteiger partial charge >= 0.3 is 5.97 Å². The second kappa shape index (κ2) is 11.6. The fraction of sp³-hybridized carbons (Fsp3) is 0.533. The number of hydrogen-bond donors (Lipinski definition) is 0. The number of ether oxygens (including phenoxy) is 1. The van der Waals surface area contributed by atoms with Gasteiger partial charge in [-0.1, -0.05) is 74.2 Å². The maximum Gasteiger partial charge on any atom is 0.317 e. The van der Waals surface area contributed by atoms with E-state index in [1.165, 1.54) is 6.07 Å². The van der Waals surface area contributed by atoms with Crippen LogP contribution >= 0.6 is 0 Å². The van der Waals surface area contributed by atoms with Crippen LogP contribution in [-0.4, -0.2) is 48.5 Å². The van der Waals surface area contributed by atoms with Gasteiger partial charge in [0.15, 0.2) is 11.9 Å². The largest absolute Gasteiger partial charge is 1.00 e. The minimum absolute atomic E-state index is 0. The average Bonchev–Trinajstić information content (AvgIpc) is 3.14. The van der Waals surface area contributed by atoms with E-state index in [1.54, 1.807) is 18.2 Å². The Kier molecular flexibility index (Phi) is 8.67. The summed E-state index contributed by atoms with van der Waals surface area (Å²) in [5.74, 6) is 0.0454. The second-order valence-corrected chi connectivity index (χ2v) is 11.1. The SMILES string of the molecule is O=C(Cc1ccccc1F)C[N+]12CCC(CC1)[C@@H](OC(=O)C1(c3ccccc3)CCCCCC1)C2.[Br-]. The Labute approximate surface area is 224 Å². The van der Waals surface area contributed by atoms with Crippen molar-refractivity contribution in [2.24, 2.45) is 5.92 Å². The van der Waals surface area contributed by atoms with Gasteiger partial charge in [-0.25, -0.2) is 4.39 Å². The highest BCUT2D eigenvalue weighted by Gasteiger charge is 2.50. The van der Waals surface area contributed by atoms with E-state index in [0.29, 0.717) is 29.1 Å². The fourth-order valence-corrected chi connectivity index (χ4v) is 6.81. The Balaban J connectivity index is 0.00000304. The fourth-order valence-electron chi connectivity index (χ4n) is 6.81. The van der Waals surface area contributed by atoms with Crippen molar-refractivity contribution in [2.75, 3.05) is 26.2 Å². The summed E-state index contributed by atoms with van der Waals surface area (Å²) in [5.41, 5.74) is 0.982. The molecule has 2 aromatic rings. The molecule has 3 heterocycles. The summed E-state index contributed by atoms with van der Waals surface area (Å²) in [7, 11) is 0. The van der Waals surface area contributed by atoms with E-state index in [2.05, 4.69) is 12.1 Å². The molecule has 1 aliphatic carbocycles. The van der Waals surface area contributed by atoms with E-state index in [4.69, 9.17) is 4.74 Å². The monoisotopic (exact) mass is 557 g/mol. The Hall–Kier alpha value is -2.05. The standard InChI is InChI=1S/C30H37FNO3.BrH/c31-27-13-7-6-10-24(27)20-26(33)21-32-18-14-23(15-19-32)28(22-32)35-29(34)30(16-8-1-2-9-17-30)25-11-4-3-5-12-25;/h3-7,10-13,23,28H,1-2,8-9,14-22H2;1H/q+1;/p-1/t23?,28-,32?;/m0./s1. The predicted octanol–water partition coefficient (Wildman–Crippen LogP) is 2.39. The number of carbonyl (C=O) groups is 2. The summed E-state index contributed by atoms with van der Waals surface area (Å²) >= 11 is 0. The molecule has 0 N–H and O–H groups in total. The van der Waals surface area contributed by atoms with E-state index in [0.717, 1.165) is 70.0 Å². The first-order valence-corrected chi connectivity index (χ1v) is 13.4. The zero-order valence-electron chi connectivity index (χ0n) is 21.0. The molecule has 0 spiro atoms. The predicted molar refractivity (Wildman–Crippen MR) is 133 cm³/mol. The average molecular weight is 559 g/mol. The van der Waals surface area contributed by atoms with Crippen LogP contribution in [0.5, 0.6) is 0 Å². The minimum atomic E-state index is -0.560. The molecule has 4 aliphatic rings. The lowest BCUT2D eigenvalue weighted by molar-refractivity contribution is -0.939. The van der Waals surface area contributed by atoms with Crippen molar-refractivity contribution in [3.8, 4) is 0 Å². The maximum atomic E-state index is 14.1. The summed E-state index contributed by atoms with van der Waals surface area (Å²) in [6.07, 6.45) is 8.03. The van der Waals surface area contributed by atoms with E-state index in [1.807, 2.05) is 18.2 Å². The quantitative estimate of drug-likeness (QED) is 0.298. The van der Waals surface area contributed by atoms with Crippen LogP contribution in [0.4, 0.5) is 4.39 Å². The van der Waals surface area contributed by atoms with Gasteiger partial charge in [0.2, 0.25) is 0 Å². The number of ketones is 1. The number of carbonyl (C=O) groups excluding carboxylic acids is 2. The molecular weight excluding hydrogens is 521 g/mol. The van der Waals surface area contributed by atoms with Crippen molar-refractivity contribution in [1.82, 2.24) is 0 Å². The van der Waals surface area contributed by atoms with E-state index < -0.39 is 5.41 Å². The second-order valence-electron chi connectivity index (χ2n) is 11.1. The molecule has 0 aromatic heterocycles. The van der Waals surface area contributed by atoms with Gasteiger partial charge in [0.05, 0.1) is 18.5 Å². The van der Waals surface area contributed by atoms with Crippen molar-refractivity contribution in [3.05, 3.63) is 71.5 Å². The molecule has 2 bridgehead atoms. The van der Waals surface area contributed by atoms with Crippen LogP contribution in [0.1, 0.15) is 62.5 Å². The smallest absolute Gasteiger partial charge is 0.317 e. The highest BCUT2D eigenvalue weighted by Crippen LogP contribution is 2.42. The highest BCUT2D eigenvalue weighted by molar-refractivity contribution is 5.83. The molecule has 6 heteroatoms. The van der Waals surface area contributed by atoms with Gasteiger partial charge in [-0.15, -0.1) is 0 Å². The third kappa shape index (κ3) is 5.60. The Morgan fingerprint density at radius 1 is 0.917 bits per heavy atom. The third-order valence-electron chi connectivity index (χ3n) is 8.83. The lowest BCUT2D eigenvalue weighted by Gasteiger charge is -2.52. The molecule has 0 radical (unpaired) electrons. The van der Waals surface area contributed by atoms with Crippen LogP contribution < -0.4 is 17.0 Å². The van der Waals surface area contributed by atoms with Crippen molar-refractivity contribution in [1.29, 1.82) is 0 Å². The van der Waals surface area contributed by atoms with Crippen LogP contribution in [0, 0.1) is 11.7 Å². The first kappa shape index (κ1) is 27.0. The molecule has 6 rings (SSSR count). The van der Waals surface area contributed by atoms with Crippen molar-refractivity contribution in [2.45, 2.75) is 69.3 Å². The van der Waals surface area contributed by atoms with Gasteiger partial charge < -0.3 is 26.2 Å². The van der Waals surface area contributed by atoms with Crippen molar-refractivity contribution in [3.63, 3.8) is 0 Å². The number of quaternary nitrogens is 1. The normalized spacial score (nSPS) is 26.9. The summed E-state index contributed by atoms with van der Waals surface area (Å²) in [5, 5.41) is 0. The van der Waals surface area contributed by atoms with Gasteiger partial charge in [-0.3, -0.25) is 9.59 Å². The Morgan fingerprint density at radius 3 is 2.22 bits per heavy atom. The number of hydrogen-bond acceptors (Lipinski definition) is 3. The number of piperidine rings is 3. The lowest BCUT2D eigenvalue weighted by Crippen LogP contribution is -3.00. The summed E-state index contributed by atoms with van der Waals surface area (Å²) in [4.78, 5) is 26.9. The number of Topliss-reactive ketones (excluding diaryl/α,β-unsaturated/α-hetero) is 1. The van der Waals surface area contributed by atoms with Gasteiger partial charge in [-0.2, -0.15) is 0 Å². The molecule has 194 valence electrons. The van der Waals surface area contributed by atoms with Crippen LogP contribution in [0.25, 0.3) is 0 Å². The summed E-state index contributed by atoms with van der Waals surface area (Å²) in [6, 6.07) is 16.7. The van der Waals surface area contributed by atoms with Crippen molar-refractivity contribution < 1.29 is 40.2 Å². The highest BCUT2D eigenvalue weighted by atomic mass is 79.9. The Bertz CT molecular complexity index is 1040. The van der Waals surface area contributed by atoms with E-state index >= 15 is 0 Å². The molecule has 0 unspecified atom stereocenters. The maximum absolute atomic E-state index is 14.1. The molecule has 2 aromatic carbocycles. The molecular formula is C30H37BrFNO3. The minimum Gasteiger partial charge on any atom is -1.00 e. The molecule has 4 fully saturated rings. The molecule has 3 aliphatic heterocycles. The van der Waals surface area contributed by atoms with E-state index in [-0.39, 0.29) is 47.1 Å². The van der Waals surface area contributed by atoms with Crippen molar-refractivity contribution >= 4 is 11.8 Å². The summed E-state index contributed by atoms with van der Waals surface area (Å²) in [6.45, 7) is 2.96. The molecule has 1 atom stereocenters.